The molecule has 0 saturated carbocycles. The maximum Gasteiger partial charge on any atom is 0.341 e. The Hall–Kier alpha value is -2.44. The van der Waals surface area contributed by atoms with E-state index in [1.54, 1.807) is 0 Å². The van der Waals surface area contributed by atoms with Gasteiger partial charge in [0.15, 0.2) is 8.15 Å². The van der Waals surface area contributed by atoms with Gasteiger partial charge >= 0.3 is 5.97 Å². The van der Waals surface area contributed by atoms with Gasteiger partial charge in [0.1, 0.15) is 0 Å². The molecule has 2 nitrogen and oxygen atoms in total. The first-order valence-corrected chi connectivity index (χ1v) is 9.53. The number of hydrogen-bond acceptors (Lipinski definition) is 2. The van der Waals surface area contributed by atoms with E-state index < -0.39 is 8.15 Å². The molecule has 0 heterocycles. The van der Waals surface area contributed by atoms with Crippen LogP contribution < -0.4 is 10.6 Å². The molecule has 126 valence electrons. The molecular weight excluding hydrogens is 327 g/mol. The first kappa shape index (κ1) is 17.4. The van der Waals surface area contributed by atoms with E-state index in [1.165, 1.54) is 5.56 Å². The summed E-state index contributed by atoms with van der Waals surface area (Å²) in [6.07, 6.45) is 0. The van der Waals surface area contributed by atoms with Crippen molar-refractivity contribution in [3.8, 4) is 0 Å². The summed E-state index contributed by atoms with van der Waals surface area (Å²) >= 11 is 0. The van der Waals surface area contributed by atoms with E-state index in [1.807, 2.05) is 86.6 Å². The summed E-state index contributed by atoms with van der Waals surface area (Å²) in [7, 11) is -1.19. The number of carbonyl (C=O) groups excluding carboxylic acids is 1. The summed E-state index contributed by atoms with van der Waals surface area (Å²) in [6.45, 7) is 6.07. The van der Waals surface area contributed by atoms with Crippen LogP contribution in [0.15, 0.2) is 72.8 Å². The highest BCUT2D eigenvalue weighted by atomic mass is 31.1. The molecule has 0 spiro atoms. The summed E-state index contributed by atoms with van der Waals surface area (Å²) in [5, 5.41) is 2.05. The first-order valence-electron chi connectivity index (χ1n) is 8.27. The van der Waals surface area contributed by atoms with Gasteiger partial charge in [0.05, 0.1) is 5.56 Å². The van der Waals surface area contributed by atoms with E-state index in [0.717, 1.165) is 21.7 Å². The fourth-order valence-electron chi connectivity index (χ4n) is 2.69. The van der Waals surface area contributed by atoms with Crippen molar-refractivity contribution < 1.29 is 9.32 Å². The molecule has 0 aliphatic carbocycles. The minimum atomic E-state index is -1.19. The summed E-state index contributed by atoms with van der Waals surface area (Å²) < 4.78 is 6.01. The predicted molar refractivity (Wildman–Crippen MR) is 105 cm³/mol. The van der Waals surface area contributed by atoms with Crippen LogP contribution in [0.2, 0.25) is 0 Å². The van der Waals surface area contributed by atoms with Crippen molar-refractivity contribution in [3.05, 3.63) is 95.1 Å². The fraction of sp³-hybridized carbons (Fsp3) is 0.136. The molecule has 3 aromatic carbocycles. The number of benzene rings is 3. The molecule has 0 fully saturated rings. The number of hydrogen-bond donors (Lipinski definition) is 0. The Morgan fingerprint density at radius 2 is 1.24 bits per heavy atom. The zero-order chi connectivity index (χ0) is 17.8. The Balaban J connectivity index is 1.96. The lowest BCUT2D eigenvalue weighted by Gasteiger charge is -2.19. The number of rotatable bonds is 4. The SMILES string of the molecule is Cc1ccc(C(=O)OP(c2ccccc2)c2ccccc2)c(C)c1C. The van der Waals surface area contributed by atoms with Gasteiger partial charge in [-0.3, -0.25) is 0 Å². The lowest BCUT2D eigenvalue weighted by atomic mass is 9.99. The molecule has 3 rings (SSSR count). The Bertz CT molecular complexity index is 834. The van der Waals surface area contributed by atoms with Crippen molar-refractivity contribution in [3.63, 3.8) is 0 Å². The van der Waals surface area contributed by atoms with E-state index in [9.17, 15) is 4.79 Å². The highest BCUT2D eigenvalue weighted by Gasteiger charge is 2.22. The zero-order valence-corrected chi connectivity index (χ0v) is 15.6. The molecule has 0 radical (unpaired) electrons. The van der Waals surface area contributed by atoms with Gasteiger partial charge in [-0.15, -0.1) is 0 Å². The van der Waals surface area contributed by atoms with Gasteiger partial charge in [0.2, 0.25) is 0 Å². The minimum absolute atomic E-state index is 0.264. The van der Waals surface area contributed by atoms with Crippen molar-refractivity contribution in [2.24, 2.45) is 0 Å². The second kappa shape index (κ2) is 7.63. The monoisotopic (exact) mass is 348 g/mol. The Morgan fingerprint density at radius 3 is 1.76 bits per heavy atom. The largest absolute Gasteiger partial charge is 0.431 e. The van der Waals surface area contributed by atoms with E-state index >= 15 is 0 Å². The van der Waals surface area contributed by atoms with Gasteiger partial charge in [-0.1, -0.05) is 66.7 Å². The zero-order valence-electron chi connectivity index (χ0n) is 14.7. The molecule has 0 bridgehead atoms. The molecule has 3 aromatic rings. The molecule has 0 amide bonds. The third-order valence-electron chi connectivity index (χ3n) is 4.43. The van der Waals surface area contributed by atoms with Crippen LogP contribution >= 0.6 is 8.15 Å². The van der Waals surface area contributed by atoms with E-state index in [0.29, 0.717) is 5.56 Å². The minimum Gasteiger partial charge on any atom is -0.431 e. The topological polar surface area (TPSA) is 26.3 Å². The molecule has 0 N–H and O–H groups in total. The van der Waals surface area contributed by atoms with E-state index in [2.05, 4.69) is 6.92 Å². The average Bonchev–Trinajstić information content (AvgIpc) is 2.65. The van der Waals surface area contributed by atoms with Crippen molar-refractivity contribution in [2.75, 3.05) is 0 Å². The molecule has 3 heteroatoms. The molecule has 0 atom stereocenters. The molecule has 0 aliphatic rings. The van der Waals surface area contributed by atoms with Crippen LogP contribution in [0, 0.1) is 20.8 Å². The molecule has 0 saturated heterocycles. The lowest BCUT2D eigenvalue weighted by Crippen LogP contribution is -2.17. The fourth-order valence-corrected chi connectivity index (χ4v) is 4.35. The number of aryl methyl sites for hydroxylation is 1. The highest BCUT2D eigenvalue weighted by molar-refractivity contribution is 7.69. The van der Waals surface area contributed by atoms with Crippen LogP contribution in [0.1, 0.15) is 27.0 Å². The van der Waals surface area contributed by atoms with Gasteiger partial charge < -0.3 is 4.52 Å². The maximum absolute atomic E-state index is 12.9. The van der Waals surface area contributed by atoms with Gasteiger partial charge in [-0.05, 0) is 43.5 Å². The van der Waals surface area contributed by atoms with Gasteiger partial charge in [0.25, 0.3) is 0 Å². The molecule has 0 aromatic heterocycles. The first-order chi connectivity index (χ1) is 12.1. The van der Waals surface area contributed by atoms with E-state index in [4.69, 9.17) is 4.52 Å². The Kier molecular flexibility index (Phi) is 5.31. The number of carbonyl (C=O) groups is 1. The van der Waals surface area contributed by atoms with Crippen LogP contribution in [0.4, 0.5) is 0 Å². The van der Waals surface area contributed by atoms with Crippen molar-refractivity contribution in [1.29, 1.82) is 0 Å². The quantitative estimate of drug-likeness (QED) is 0.632. The average molecular weight is 348 g/mol. The van der Waals surface area contributed by atoms with Crippen molar-refractivity contribution in [2.45, 2.75) is 20.8 Å². The Morgan fingerprint density at radius 1 is 0.720 bits per heavy atom. The van der Waals surface area contributed by atoms with Crippen LogP contribution in [-0.4, -0.2) is 5.97 Å². The van der Waals surface area contributed by atoms with Crippen molar-refractivity contribution in [1.82, 2.24) is 0 Å². The van der Waals surface area contributed by atoms with Crippen molar-refractivity contribution >= 4 is 24.7 Å². The smallest absolute Gasteiger partial charge is 0.341 e. The van der Waals surface area contributed by atoms with Crippen LogP contribution in [0.3, 0.4) is 0 Å². The van der Waals surface area contributed by atoms with Gasteiger partial charge in [0, 0.05) is 10.6 Å². The van der Waals surface area contributed by atoms with Gasteiger partial charge in [-0.25, -0.2) is 4.79 Å². The lowest BCUT2D eigenvalue weighted by molar-refractivity contribution is 0.0758. The van der Waals surface area contributed by atoms with Gasteiger partial charge in [-0.2, -0.15) is 0 Å². The molecule has 25 heavy (non-hydrogen) atoms. The summed E-state index contributed by atoms with van der Waals surface area (Å²) in [5.41, 5.74) is 3.95. The maximum atomic E-state index is 12.9. The third-order valence-corrected chi connectivity index (χ3v) is 6.32. The predicted octanol–water partition coefficient (Wildman–Crippen LogP) is 4.82. The normalized spacial score (nSPS) is 10.7. The second-order valence-corrected chi connectivity index (χ2v) is 7.83. The van der Waals surface area contributed by atoms with Crippen LogP contribution in [0.5, 0.6) is 0 Å². The molecule has 0 aliphatic heterocycles. The van der Waals surface area contributed by atoms with Crippen LogP contribution in [-0.2, 0) is 4.52 Å². The summed E-state index contributed by atoms with van der Waals surface area (Å²) in [6, 6.07) is 23.7. The summed E-state index contributed by atoms with van der Waals surface area (Å²) in [4.78, 5) is 12.9. The van der Waals surface area contributed by atoms with E-state index in [-0.39, 0.29) is 5.97 Å². The highest BCUT2D eigenvalue weighted by Crippen LogP contribution is 2.36. The third kappa shape index (κ3) is 3.81. The molecular formula is C22H21O2P. The standard InChI is InChI=1S/C22H21O2P/c1-16-14-15-21(18(3)17(16)2)22(23)24-25(19-10-6-4-7-11-19)20-12-8-5-9-13-20/h4-15H,1-3H3. The summed E-state index contributed by atoms with van der Waals surface area (Å²) in [5.74, 6) is -0.264. The second-order valence-electron chi connectivity index (χ2n) is 6.02. The molecule has 0 unspecified atom stereocenters. The Labute approximate surface area is 150 Å². The van der Waals surface area contributed by atoms with Crippen LogP contribution in [0.25, 0.3) is 0 Å².